The van der Waals surface area contributed by atoms with Crippen molar-refractivity contribution in [1.29, 1.82) is 0 Å². The summed E-state index contributed by atoms with van der Waals surface area (Å²) in [4.78, 5) is 75.4. The first-order valence-electron chi connectivity index (χ1n) is 17.4. The summed E-state index contributed by atoms with van der Waals surface area (Å²) in [7, 11) is 0. The van der Waals surface area contributed by atoms with Gasteiger partial charge in [-0.05, 0) is 80.5 Å². The Labute approximate surface area is 298 Å². The second-order valence-corrected chi connectivity index (χ2v) is 13.9. The number of halogens is 1. The maximum Gasteiger partial charge on any atom is 0.343 e. The highest BCUT2D eigenvalue weighted by molar-refractivity contribution is 5.96. The Morgan fingerprint density at radius 1 is 1.15 bits per heavy atom. The number of carbonyl (C=O) groups is 4. The monoisotopic (exact) mass is 710 g/mol. The van der Waals surface area contributed by atoms with Gasteiger partial charge in [0.2, 0.25) is 17.7 Å². The van der Waals surface area contributed by atoms with Crippen LogP contribution in [0.25, 0.3) is 22.3 Å². The second-order valence-electron chi connectivity index (χ2n) is 13.9. The number of hydrogen-bond donors (Lipinski definition) is 3. The van der Waals surface area contributed by atoms with Crippen LogP contribution >= 0.6 is 0 Å². The van der Waals surface area contributed by atoms with Gasteiger partial charge in [0.25, 0.3) is 5.56 Å². The Morgan fingerprint density at radius 3 is 2.60 bits per heavy atom. The van der Waals surface area contributed by atoms with Crippen molar-refractivity contribution in [2.24, 2.45) is 5.73 Å². The summed E-state index contributed by atoms with van der Waals surface area (Å²) in [6, 6.07) is 4.54. The van der Waals surface area contributed by atoms with Crippen molar-refractivity contribution in [1.82, 2.24) is 25.2 Å². The third-order valence-corrected chi connectivity index (χ3v) is 10.3. The van der Waals surface area contributed by atoms with Crippen LogP contribution < -0.4 is 21.9 Å². The number of pyridine rings is 3. The molecule has 5 heterocycles. The molecule has 4 N–H and O–H groups in total. The number of hydrogen-bond acceptors (Lipinski definition) is 9. The lowest BCUT2D eigenvalue weighted by Crippen LogP contribution is -2.50. The van der Waals surface area contributed by atoms with Crippen LogP contribution in [-0.2, 0) is 60.2 Å². The number of cyclic esters (lactones) is 1. The fraction of sp³-hybridized carbons (Fsp3) is 0.395. The molecule has 0 saturated heterocycles. The highest BCUT2D eigenvalue weighted by Gasteiger charge is 2.49. The number of aromatic nitrogens is 3. The van der Waals surface area contributed by atoms with E-state index in [2.05, 4.69) is 15.6 Å². The van der Waals surface area contributed by atoms with Gasteiger partial charge in [0, 0.05) is 35.0 Å². The van der Waals surface area contributed by atoms with Gasteiger partial charge in [-0.2, -0.15) is 0 Å². The Balaban J connectivity index is 1.32. The maximum absolute atomic E-state index is 15.4. The molecule has 7 rings (SSSR count). The maximum atomic E-state index is 15.4. The van der Waals surface area contributed by atoms with Crippen LogP contribution in [0.4, 0.5) is 4.39 Å². The van der Waals surface area contributed by atoms with Crippen molar-refractivity contribution in [3.8, 4) is 11.4 Å². The molecule has 4 aromatic rings. The van der Waals surface area contributed by atoms with Crippen LogP contribution in [-0.4, -0.2) is 50.4 Å². The molecule has 3 unspecified atom stereocenters. The third-order valence-electron chi connectivity index (χ3n) is 10.3. The summed E-state index contributed by atoms with van der Waals surface area (Å²) in [6.45, 7) is 6.98. The summed E-state index contributed by atoms with van der Waals surface area (Å²) in [5.41, 5.74) is 8.79. The van der Waals surface area contributed by atoms with Crippen molar-refractivity contribution in [2.45, 2.75) is 96.7 Å². The summed E-state index contributed by atoms with van der Waals surface area (Å²) in [5.74, 6) is -2.89. The van der Waals surface area contributed by atoms with E-state index in [9.17, 15) is 24.0 Å². The normalized spacial score (nSPS) is 19.0. The van der Waals surface area contributed by atoms with Gasteiger partial charge in [0.05, 0.1) is 54.0 Å². The van der Waals surface area contributed by atoms with Crippen LogP contribution in [0.15, 0.2) is 41.5 Å². The standard InChI is InChI=1S/C38H39FN6O7/c1-5-38(52-18(2)3)24-13-29-34-22(16-45(29)36(49)23(24)17-51-37(38)50)33-26(7-6-21-19(4)25(39)14-27(43-34)32(21)33)44-35(48)28(15-30(40)46)42-31(47)12-20-8-10-41-11-9-20/h8-11,13-14,18,26,28H,5-7,12,15-17H2,1-4H3,(H2,40,46)(H,42,47)(H,44,48). The SMILES string of the molecule is CCC1(OC(C)C)C(=O)OCc2c1cc1n(c2=O)Cc2c-1nc1cc(F)c(C)c3c1c2C(NC(=O)C(CC(N)=O)NC(=O)Cc1ccncc1)CC3. The fourth-order valence-corrected chi connectivity index (χ4v) is 7.90. The number of primary amides is 1. The minimum Gasteiger partial charge on any atom is -0.458 e. The Kier molecular flexibility index (Phi) is 8.89. The van der Waals surface area contributed by atoms with E-state index < -0.39 is 53.6 Å². The van der Waals surface area contributed by atoms with Crippen LogP contribution in [0.5, 0.6) is 0 Å². The minimum absolute atomic E-state index is 0.0413. The van der Waals surface area contributed by atoms with E-state index in [0.29, 0.717) is 68.5 Å². The largest absolute Gasteiger partial charge is 0.458 e. The Bertz CT molecular complexity index is 2240. The lowest BCUT2D eigenvalue weighted by molar-refractivity contribution is -0.187. The number of rotatable bonds is 10. The molecule has 0 bridgehead atoms. The number of amides is 3. The van der Waals surface area contributed by atoms with Gasteiger partial charge >= 0.3 is 5.97 Å². The highest BCUT2D eigenvalue weighted by atomic mass is 19.1. The predicted molar refractivity (Wildman–Crippen MR) is 186 cm³/mol. The average Bonchev–Trinajstić information content (AvgIpc) is 3.47. The topological polar surface area (TPSA) is 185 Å². The first kappa shape index (κ1) is 34.9. The van der Waals surface area contributed by atoms with E-state index in [0.717, 1.165) is 5.56 Å². The zero-order valence-electron chi connectivity index (χ0n) is 29.3. The van der Waals surface area contributed by atoms with E-state index in [1.54, 1.807) is 62.9 Å². The summed E-state index contributed by atoms with van der Waals surface area (Å²) in [6.07, 6.45) is 3.27. The molecule has 270 valence electrons. The second kappa shape index (κ2) is 13.2. The van der Waals surface area contributed by atoms with Crippen LogP contribution in [0.1, 0.15) is 85.0 Å². The molecule has 3 aliphatic rings. The zero-order chi connectivity index (χ0) is 37.1. The van der Waals surface area contributed by atoms with E-state index >= 15 is 4.39 Å². The molecule has 3 amide bonds. The number of benzene rings is 1. The minimum atomic E-state index is -1.51. The summed E-state index contributed by atoms with van der Waals surface area (Å²) >= 11 is 0. The van der Waals surface area contributed by atoms with Gasteiger partial charge in [-0.3, -0.25) is 24.2 Å². The lowest BCUT2D eigenvalue weighted by Gasteiger charge is -2.37. The van der Waals surface area contributed by atoms with Gasteiger partial charge in [-0.25, -0.2) is 14.2 Å². The quantitative estimate of drug-likeness (QED) is 0.183. The third kappa shape index (κ3) is 5.80. The number of ether oxygens (including phenoxy) is 2. The number of nitrogens with two attached hydrogens (primary N) is 1. The fourth-order valence-electron chi connectivity index (χ4n) is 7.90. The molecular weight excluding hydrogens is 671 g/mol. The summed E-state index contributed by atoms with van der Waals surface area (Å²) < 4.78 is 28.7. The molecule has 0 fully saturated rings. The van der Waals surface area contributed by atoms with Crippen molar-refractivity contribution in [3.05, 3.63) is 91.8 Å². The molecule has 0 saturated carbocycles. The average molecular weight is 711 g/mol. The van der Waals surface area contributed by atoms with E-state index in [-0.39, 0.29) is 37.7 Å². The number of carbonyl (C=O) groups excluding carboxylic acids is 4. The molecule has 3 atom stereocenters. The van der Waals surface area contributed by atoms with Crippen molar-refractivity contribution < 1.29 is 33.0 Å². The molecule has 1 aromatic carbocycles. The Hall–Kier alpha value is -5.50. The number of aryl methyl sites for hydroxylation is 1. The van der Waals surface area contributed by atoms with Crippen LogP contribution in [0.3, 0.4) is 0 Å². The number of nitrogens with zero attached hydrogens (tertiary/aromatic N) is 3. The van der Waals surface area contributed by atoms with Gasteiger partial charge in [-0.15, -0.1) is 0 Å². The van der Waals surface area contributed by atoms with Crippen molar-refractivity contribution >= 4 is 34.6 Å². The van der Waals surface area contributed by atoms with Gasteiger partial charge < -0.3 is 30.4 Å². The zero-order valence-corrected chi connectivity index (χ0v) is 29.3. The van der Waals surface area contributed by atoms with Crippen molar-refractivity contribution in [3.63, 3.8) is 0 Å². The smallest absolute Gasteiger partial charge is 0.343 e. The first-order valence-corrected chi connectivity index (χ1v) is 17.4. The Morgan fingerprint density at radius 2 is 1.90 bits per heavy atom. The molecule has 13 nitrogen and oxygen atoms in total. The summed E-state index contributed by atoms with van der Waals surface area (Å²) in [5, 5.41) is 6.37. The molecular formula is C38H39FN6O7. The first-order chi connectivity index (χ1) is 24.8. The van der Waals surface area contributed by atoms with E-state index in [1.807, 2.05) is 0 Å². The van der Waals surface area contributed by atoms with Crippen LogP contribution in [0.2, 0.25) is 0 Å². The van der Waals surface area contributed by atoms with Gasteiger partial charge in [0.15, 0.2) is 5.60 Å². The number of fused-ring (bicyclic) bond motifs is 5. The molecule has 52 heavy (non-hydrogen) atoms. The number of nitrogens with one attached hydrogen (secondary N) is 2. The van der Waals surface area contributed by atoms with Crippen LogP contribution in [0, 0.1) is 12.7 Å². The molecule has 14 heteroatoms. The van der Waals surface area contributed by atoms with E-state index in [1.165, 1.54) is 6.07 Å². The van der Waals surface area contributed by atoms with E-state index in [4.69, 9.17) is 20.2 Å². The van der Waals surface area contributed by atoms with Crippen molar-refractivity contribution in [2.75, 3.05) is 0 Å². The molecule has 2 aliphatic heterocycles. The van der Waals surface area contributed by atoms with Gasteiger partial charge in [-0.1, -0.05) is 6.92 Å². The molecule has 1 aliphatic carbocycles. The highest BCUT2D eigenvalue weighted by Crippen LogP contribution is 2.46. The molecule has 3 aromatic heterocycles. The predicted octanol–water partition coefficient (Wildman–Crippen LogP) is 3.06. The molecule has 0 radical (unpaired) electrons. The lowest BCUT2D eigenvalue weighted by atomic mass is 9.81. The van der Waals surface area contributed by atoms with Gasteiger partial charge in [0.1, 0.15) is 18.5 Å². The molecule has 0 spiro atoms. The number of esters is 1.